The molecule has 0 aliphatic carbocycles. The molecule has 8 nitrogen and oxygen atoms in total. The molecule has 26 heavy (non-hydrogen) atoms. The predicted molar refractivity (Wildman–Crippen MR) is 96.0 cm³/mol. The van der Waals surface area contributed by atoms with E-state index in [2.05, 4.69) is 25.9 Å². The van der Waals surface area contributed by atoms with E-state index in [4.69, 9.17) is 4.42 Å². The van der Waals surface area contributed by atoms with E-state index in [0.29, 0.717) is 11.6 Å². The lowest BCUT2D eigenvalue weighted by molar-refractivity contribution is -0.117. The zero-order valence-electron chi connectivity index (χ0n) is 14.0. The summed E-state index contributed by atoms with van der Waals surface area (Å²) in [6.07, 6.45) is 4.68. The summed E-state index contributed by atoms with van der Waals surface area (Å²) in [5.41, 5.74) is 1.39. The Morgan fingerprint density at radius 1 is 1.00 bits per heavy atom. The van der Waals surface area contributed by atoms with Crippen LogP contribution in [0.25, 0.3) is 0 Å². The lowest BCUT2D eigenvalue weighted by Crippen LogP contribution is -2.41. The number of anilines is 3. The number of nitrogens with one attached hydrogen (secondary N) is 3. The Kier molecular flexibility index (Phi) is 5.23. The maximum atomic E-state index is 12.2. The van der Waals surface area contributed by atoms with Crippen molar-refractivity contribution in [3.63, 3.8) is 0 Å². The monoisotopic (exact) mass is 351 g/mol. The highest BCUT2D eigenvalue weighted by atomic mass is 16.3. The third kappa shape index (κ3) is 4.44. The van der Waals surface area contributed by atoms with Gasteiger partial charge in [-0.1, -0.05) is 0 Å². The summed E-state index contributed by atoms with van der Waals surface area (Å²) in [5, 5.41) is 8.36. The van der Waals surface area contributed by atoms with Crippen LogP contribution in [0.1, 0.15) is 17.5 Å². The van der Waals surface area contributed by atoms with Crippen molar-refractivity contribution >= 4 is 29.1 Å². The fourth-order valence-electron chi connectivity index (χ4n) is 2.12. The molecule has 0 aliphatic heterocycles. The maximum absolute atomic E-state index is 12.2. The van der Waals surface area contributed by atoms with E-state index in [0.717, 1.165) is 5.69 Å². The fourth-order valence-corrected chi connectivity index (χ4v) is 2.12. The van der Waals surface area contributed by atoms with Crippen molar-refractivity contribution < 1.29 is 14.0 Å². The quantitative estimate of drug-likeness (QED) is 0.630. The second-order valence-electron chi connectivity index (χ2n) is 5.44. The van der Waals surface area contributed by atoms with Gasteiger partial charge in [-0.2, -0.15) is 0 Å². The van der Waals surface area contributed by atoms with Gasteiger partial charge in [-0.3, -0.25) is 9.59 Å². The van der Waals surface area contributed by atoms with Crippen LogP contribution in [-0.4, -0.2) is 27.8 Å². The first-order valence-electron chi connectivity index (χ1n) is 7.91. The Hall–Kier alpha value is -3.68. The highest BCUT2D eigenvalue weighted by molar-refractivity contribution is 5.99. The van der Waals surface area contributed by atoms with Crippen molar-refractivity contribution in [3.05, 3.63) is 66.9 Å². The van der Waals surface area contributed by atoms with Crippen LogP contribution >= 0.6 is 0 Å². The molecule has 0 saturated carbocycles. The van der Waals surface area contributed by atoms with Crippen LogP contribution in [0.15, 0.2) is 65.5 Å². The molecule has 3 aromatic rings. The average molecular weight is 351 g/mol. The van der Waals surface area contributed by atoms with Crippen LogP contribution in [-0.2, 0) is 4.79 Å². The number of carbonyl (C=O) groups is 2. The molecule has 3 rings (SSSR count). The number of carbonyl (C=O) groups excluding carboxylic acids is 2. The Balaban J connectivity index is 1.54. The van der Waals surface area contributed by atoms with E-state index in [-0.39, 0.29) is 11.7 Å². The molecule has 8 heteroatoms. The number of rotatable bonds is 6. The van der Waals surface area contributed by atoms with Crippen molar-refractivity contribution in [2.75, 3.05) is 10.6 Å². The molecule has 0 spiro atoms. The van der Waals surface area contributed by atoms with Crippen LogP contribution in [0.3, 0.4) is 0 Å². The summed E-state index contributed by atoms with van der Waals surface area (Å²) in [4.78, 5) is 32.2. The molecule has 0 aliphatic rings. The second kappa shape index (κ2) is 7.93. The largest absolute Gasteiger partial charge is 0.459 e. The van der Waals surface area contributed by atoms with E-state index < -0.39 is 11.9 Å². The zero-order chi connectivity index (χ0) is 18.4. The van der Waals surface area contributed by atoms with Crippen LogP contribution in [0.2, 0.25) is 0 Å². The maximum Gasteiger partial charge on any atom is 0.287 e. The van der Waals surface area contributed by atoms with Crippen molar-refractivity contribution in [2.45, 2.75) is 13.0 Å². The number of aromatic nitrogens is 2. The van der Waals surface area contributed by atoms with Crippen molar-refractivity contribution in [1.29, 1.82) is 0 Å². The summed E-state index contributed by atoms with van der Waals surface area (Å²) in [6, 6.07) is 11.2. The molecule has 2 heterocycles. The van der Waals surface area contributed by atoms with Crippen molar-refractivity contribution in [2.24, 2.45) is 0 Å². The molecule has 0 radical (unpaired) electrons. The van der Waals surface area contributed by atoms with Gasteiger partial charge in [0.2, 0.25) is 11.9 Å². The van der Waals surface area contributed by atoms with Gasteiger partial charge in [-0.05, 0) is 49.4 Å². The van der Waals surface area contributed by atoms with E-state index in [9.17, 15) is 9.59 Å². The van der Waals surface area contributed by atoms with Gasteiger partial charge in [0.1, 0.15) is 6.04 Å². The third-order valence-electron chi connectivity index (χ3n) is 3.46. The minimum absolute atomic E-state index is 0.156. The van der Waals surface area contributed by atoms with Gasteiger partial charge < -0.3 is 20.4 Å². The highest BCUT2D eigenvalue weighted by Gasteiger charge is 2.18. The predicted octanol–water partition coefficient (Wildman–Crippen LogP) is 2.57. The summed E-state index contributed by atoms with van der Waals surface area (Å²) in [6.45, 7) is 1.60. The van der Waals surface area contributed by atoms with Gasteiger partial charge >= 0.3 is 0 Å². The topological polar surface area (TPSA) is 109 Å². The Morgan fingerprint density at radius 3 is 2.35 bits per heavy atom. The molecule has 3 N–H and O–H groups in total. The van der Waals surface area contributed by atoms with Crippen molar-refractivity contribution in [1.82, 2.24) is 15.3 Å². The Bertz CT molecular complexity index is 864. The summed E-state index contributed by atoms with van der Waals surface area (Å²) in [7, 11) is 0. The normalized spacial score (nSPS) is 11.4. The minimum Gasteiger partial charge on any atom is -0.459 e. The van der Waals surface area contributed by atoms with Gasteiger partial charge in [0.25, 0.3) is 5.91 Å². The summed E-state index contributed by atoms with van der Waals surface area (Å²) >= 11 is 0. The van der Waals surface area contributed by atoms with E-state index in [1.165, 1.54) is 12.3 Å². The number of furan rings is 1. The number of hydrogen-bond donors (Lipinski definition) is 3. The first-order chi connectivity index (χ1) is 12.6. The smallest absolute Gasteiger partial charge is 0.287 e. The van der Waals surface area contributed by atoms with Gasteiger partial charge in [-0.15, -0.1) is 0 Å². The van der Waals surface area contributed by atoms with E-state index in [1.807, 2.05) is 0 Å². The van der Waals surface area contributed by atoms with E-state index in [1.54, 1.807) is 55.7 Å². The molecule has 1 unspecified atom stereocenters. The molecule has 0 fully saturated rings. The SMILES string of the molecule is CC(NC(=O)c1ccco1)C(=O)Nc1ccc(Nc2ncccn2)cc1. The Labute approximate surface area is 149 Å². The van der Waals surface area contributed by atoms with Crippen LogP contribution in [0, 0.1) is 0 Å². The standard InChI is InChI=1S/C18H17N5O3/c1-12(21-17(25)15-4-2-11-26-15)16(24)22-13-5-7-14(8-6-13)23-18-19-9-3-10-20-18/h2-12H,1H3,(H,21,25)(H,22,24)(H,19,20,23). The zero-order valence-corrected chi connectivity index (χ0v) is 14.0. The van der Waals surface area contributed by atoms with E-state index >= 15 is 0 Å². The van der Waals surface area contributed by atoms with Gasteiger partial charge in [-0.25, -0.2) is 9.97 Å². The lowest BCUT2D eigenvalue weighted by Gasteiger charge is -2.13. The number of benzene rings is 1. The molecule has 1 aromatic carbocycles. The van der Waals surface area contributed by atoms with Gasteiger partial charge in [0, 0.05) is 23.8 Å². The number of nitrogens with zero attached hydrogens (tertiary/aromatic N) is 2. The number of hydrogen-bond acceptors (Lipinski definition) is 6. The fraction of sp³-hybridized carbons (Fsp3) is 0.111. The first kappa shape index (κ1) is 17.2. The molecule has 2 aromatic heterocycles. The summed E-state index contributed by atoms with van der Waals surface area (Å²) < 4.78 is 5.00. The molecule has 0 saturated heterocycles. The summed E-state index contributed by atoms with van der Waals surface area (Å²) in [5.74, 6) is -0.140. The molecular weight excluding hydrogens is 334 g/mol. The van der Waals surface area contributed by atoms with Gasteiger partial charge in [0.15, 0.2) is 5.76 Å². The van der Waals surface area contributed by atoms with Crippen molar-refractivity contribution in [3.8, 4) is 0 Å². The first-order valence-corrected chi connectivity index (χ1v) is 7.91. The van der Waals surface area contributed by atoms with Gasteiger partial charge in [0.05, 0.1) is 6.26 Å². The minimum atomic E-state index is -0.719. The molecule has 2 amide bonds. The van der Waals surface area contributed by atoms with Crippen LogP contribution in [0.5, 0.6) is 0 Å². The lowest BCUT2D eigenvalue weighted by atomic mass is 10.2. The van der Waals surface area contributed by atoms with Crippen LogP contribution < -0.4 is 16.0 Å². The Morgan fingerprint density at radius 2 is 1.69 bits per heavy atom. The highest BCUT2D eigenvalue weighted by Crippen LogP contribution is 2.16. The molecule has 0 bridgehead atoms. The number of amides is 2. The molecule has 132 valence electrons. The molecule has 1 atom stereocenters. The second-order valence-corrected chi connectivity index (χ2v) is 5.44. The average Bonchev–Trinajstić information content (AvgIpc) is 3.19. The molecular formula is C18H17N5O3. The van der Waals surface area contributed by atoms with Crippen LogP contribution in [0.4, 0.5) is 17.3 Å². The third-order valence-corrected chi connectivity index (χ3v) is 3.46.